The number of hydrogen-bond donors (Lipinski definition) is 0. The largest absolute Gasteiger partial charge is 0.493 e. The number of halogens is 2. The lowest BCUT2D eigenvalue weighted by molar-refractivity contribution is 0.0929. The molecule has 1 saturated carbocycles. The number of benzene rings is 1. The van der Waals surface area contributed by atoms with E-state index in [-0.39, 0.29) is 6.42 Å². The van der Waals surface area contributed by atoms with Crippen LogP contribution in [0.3, 0.4) is 0 Å². The lowest BCUT2D eigenvalue weighted by Crippen LogP contribution is -2.03. The quantitative estimate of drug-likeness (QED) is 0.769. The molecule has 2 nitrogen and oxygen atoms in total. The van der Waals surface area contributed by atoms with Gasteiger partial charge >= 0.3 is 0 Å². The molecule has 19 heavy (non-hydrogen) atoms. The molecule has 1 aliphatic rings. The summed E-state index contributed by atoms with van der Waals surface area (Å²) >= 11 is 0. The number of rotatable bonds is 6. The first-order valence-electron chi connectivity index (χ1n) is 6.62. The van der Waals surface area contributed by atoms with Crippen molar-refractivity contribution >= 4 is 0 Å². The van der Waals surface area contributed by atoms with Crippen molar-refractivity contribution in [2.24, 2.45) is 5.92 Å². The second-order valence-corrected chi connectivity index (χ2v) is 5.36. The van der Waals surface area contributed by atoms with E-state index in [1.807, 2.05) is 18.2 Å². The molecule has 1 fully saturated rings. The summed E-state index contributed by atoms with van der Waals surface area (Å²) in [7, 11) is 1.58. The highest BCUT2D eigenvalue weighted by Crippen LogP contribution is 2.50. The Hall–Kier alpha value is -1.32. The van der Waals surface area contributed by atoms with Crippen LogP contribution in [0.2, 0.25) is 0 Å². The Morgan fingerprint density at radius 3 is 2.53 bits per heavy atom. The van der Waals surface area contributed by atoms with Crippen LogP contribution in [0.25, 0.3) is 0 Å². The van der Waals surface area contributed by atoms with E-state index in [1.54, 1.807) is 7.11 Å². The Bertz CT molecular complexity index is 444. The van der Waals surface area contributed by atoms with E-state index < -0.39 is 11.8 Å². The Balaban J connectivity index is 1.92. The summed E-state index contributed by atoms with van der Waals surface area (Å²) in [5.41, 5.74) is 1.16. The zero-order chi connectivity index (χ0) is 14.0. The van der Waals surface area contributed by atoms with Crippen LogP contribution in [0.15, 0.2) is 18.2 Å². The van der Waals surface area contributed by atoms with Crippen molar-refractivity contribution in [3.8, 4) is 11.5 Å². The summed E-state index contributed by atoms with van der Waals surface area (Å²) in [6.07, 6.45) is 0.391. The zero-order valence-electron chi connectivity index (χ0n) is 11.6. The predicted molar refractivity (Wildman–Crippen MR) is 70.2 cm³/mol. The molecule has 0 aliphatic heterocycles. The number of hydrogen-bond acceptors (Lipinski definition) is 2. The molecule has 1 atom stereocenters. The Morgan fingerprint density at radius 2 is 2.00 bits per heavy atom. The fourth-order valence-electron chi connectivity index (χ4n) is 2.06. The van der Waals surface area contributed by atoms with E-state index in [0.717, 1.165) is 5.56 Å². The third-order valence-corrected chi connectivity index (χ3v) is 3.53. The van der Waals surface area contributed by atoms with Gasteiger partial charge in [0.15, 0.2) is 11.5 Å². The molecule has 1 aromatic rings. The predicted octanol–water partition coefficient (Wildman–Crippen LogP) is 4.24. The van der Waals surface area contributed by atoms with Gasteiger partial charge in [0.2, 0.25) is 0 Å². The molecular weight excluding hydrogens is 250 g/mol. The van der Waals surface area contributed by atoms with E-state index in [9.17, 15) is 8.78 Å². The van der Waals surface area contributed by atoms with Crippen molar-refractivity contribution in [2.75, 3.05) is 13.7 Å². The van der Waals surface area contributed by atoms with Gasteiger partial charge in [0.05, 0.1) is 13.7 Å². The Kier molecular flexibility index (Phi) is 3.97. The molecule has 2 rings (SSSR count). The minimum absolute atomic E-state index is 0.000216. The maximum absolute atomic E-state index is 12.7. The second-order valence-electron chi connectivity index (χ2n) is 5.36. The summed E-state index contributed by atoms with van der Waals surface area (Å²) in [6.45, 7) is 4.51. The zero-order valence-corrected chi connectivity index (χ0v) is 11.6. The van der Waals surface area contributed by atoms with Crippen molar-refractivity contribution in [3.05, 3.63) is 23.8 Å². The highest BCUT2D eigenvalue weighted by Gasteiger charge is 2.56. The highest BCUT2D eigenvalue weighted by molar-refractivity contribution is 5.43. The topological polar surface area (TPSA) is 18.5 Å². The van der Waals surface area contributed by atoms with Gasteiger partial charge in [-0.1, -0.05) is 19.9 Å². The van der Waals surface area contributed by atoms with Crippen LogP contribution in [0.1, 0.15) is 38.2 Å². The molecule has 0 spiro atoms. The fraction of sp³-hybridized carbons (Fsp3) is 0.600. The summed E-state index contributed by atoms with van der Waals surface area (Å²) < 4.78 is 36.3. The molecule has 0 aromatic heterocycles. The second kappa shape index (κ2) is 5.35. The van der Waals surface area contributed by atoms with Gasteiger partial charge in [-0.3, -0.25) is 0 Å². The van der Waals surface area contributed by atoms with Gasteiger partial charge in [0, 0.05) is 12.3 Å². The molecule has 1 aromatic carbocycles. The van der Waals surface area contributed by atoms with Gasteiger partial charge in [-0.25, -0.2) is 8.78 Å². The van der Waals surface area contributed by atoms with Crippen LogP contribution >= 0.6 is 0 Å². The van der Waals surface area contributed by atoms with Crippen molar-refractivity contribution in [3.63, 3.8) is 0 Å². The van der Waals surface area contributed by atoms with Gasteiger partial charge in [-0.2, -0.15) is 0 Å². The van der Waals surface area contributed by atoms with Crippen molar-refractivity contribution in [1.82, 2.24) is 0 Å². The maximum atomic E-state index is 12.7. The van der Waals surface area contributed by atoms with E-state index in [1.165, 1.54) is 0 Å². The molecule has 4 heteroatoms. The molecule has 0 radical (unpaired) electrons. The summed E-state index contributed by atoms with van der Waals surface area (Å²) in [5, 5.41) is 0. The highest BCUT2D eigenvalue weighted by atomic mass is 19.3. The average Bonchev–Trinajstić information content (AvgIpc) is 2.97. The standard InChI is InChI=1S/C15H20F2O2/c1-10(2)11-4-5-13(14(8-11)18-3)19-7-6-12-9-15(12,16)17/h4-5,8,10,12H,6-7,9H2,1-3H3. The lowest BCUT2D eigenvalue weighted by Gasteiger charge is -2.13. The summed E-state index contributed by atoms with van der Waals surface area (Å²) in [6, 6.07) is 5.76. The molecule has 106 valence electrons. The van der Waals surface area contributed by atoms with Gasteiger partial charge in [-0.15, -0.1) is 0 Å². The first kappa shape index (κ1) is 14.1. The van der Waals surface area contributed by atoms with E-state index in [4.69, 9.17) is 9.47 Å². The van der Waals surface area contributed by atoms with Gasteiger partial charge in [0.25, 0.3) is 5.92 Å². The molecule has 0 heterocycles. The van der Waals surface area contributed by atoms with Gasteiger partial charge in [-0.05, 0) is 30.0 Å². The Morgan fingerprint density at radius 1 is 1.32 bits per heavy atom. The third kappa shape index (κ3) is 3.37. The molecule has 0 bridgehead atoms. The van der Waals surface area contributed by atoms with Gasteiger partial charge in [0.1, 0.15) is 0 Å². The van der Waals surface area contributed by atoms with Crippen LogP contribution in [0.5, 0.6) is 11.5 Å². The molecular formula is C15H20F2O2. The molecule has 1 aliphatic carbocycles. The van der Waals surface area contributed by atoms with Crippen LogP contribution in [0, 0.1) is 5.92 Å². The van der Waals surface area contributed by atoms with Gasteiger partial charge < -0.3 is 9.47 Å². The number of ether oxygens (including phenoxy) is 2. The van der Waals surface area contributed by atoms with Crippen LogP contribution < -0.4 is 9.47 Å². The smallest absolute Gasteiger partial charge is 0.251 e. The first-order chi connectivity index (χ1) is 8.94. The molecule has 0 amide bonds. The van der Waals surface area contributed by atoms with E-state index in [0.29, 0.717) is 30.4 Å². The Labute approximate surface area is 112 Å². The SMILES string of the molecule is COc1cc(C(C)C)ccc1OCCC1CC1(F)F. The van der Waals surface area contributed by atoms with E-state index in [2.05, 4.69) is 13.8 Å². The average molecular weight is 270 g/mol. The molecule has 0 saturated heterocycles. The van der Waals surface area contributed by atoms with Crippen LogP contribution in [0.4, 0.5) is 8.78 Å². The number of alkyl halides is 2. The first-order valence-corrected chi connectivity index (χ1v) is 6.62. The molecule has 1 unspecified atom stereocenters. The third-order valence-electron chi connectivity index (χ3n) is 3.53. The monoisotopic (exact) mass is 270 g/mol. The van der Waals surface area contributed by atoms with Crippen LogP contribution in [-0.2, 0) is 0 Å². The summed E-state index contributed by atoms with van der Waals surface area (Å²) in [5.74, 6) is -1.28. The van der Waals surface area contributed by atoms with Crippen molar-refractivity contribution in [2.45, 2.75) is 38.5 Å². The number of methoxy groups -OCH3 is 1. The minimum atomic E-state index is -2.46. The molecule has 0 N–H and O–H groups in total. The van der Waals surface area contributed by atoms with E-state index >= 15 is 0 Å². The minimum Gasteiger partial charge on any atom is -0.493 e. The fourth-order valence-corrected chi connectivity index (χ4v) is 2.06. The van der Waals surface area contributed by atoms with Crippen molar-refractivity contribution < 1.29 is 18.3 Å². The van der Waals surface area contributed by atoms with Crippen molar-refractivity contribution in [1.29, 1.82) is 0 Å². The lowest BCUT2D eigenvalue weighted by atomic mass is 10.0. The normalized spacial score (nSPS) is 20.4. The van der Waals surface area contributed by atoms with Crippen LogP contribution in [-0.4, -0.2) is 19.6 Å². The summed E-state index contributed by atoms with van der Waals surface area (Å²) in [4.78, 5) is 0. The maximum Gasteiger partial charge on any atom is 0.251 e.